The molecule has 0 aliphatic rings. The molecular formula is C29H34N2O3. The number of rotatable bonds is 12. The summed E-state index contributed by atoms with van der Waals surface area (Å²) in [7, 11) is 1.65. The van der Waals surface area contributed by atoms with Crippen LogP contribution < -0.4 is 14.2 Å². The Balaban J connectivity index is 1.35. The first-order chi connectivity index (χ1) is 16.7. The van der Waals surface area contributed by atoms with E-state index in [0.29, 0.717) is 19.1 Å². The fourth-order valence-corrected chi connectivity index (χ4v) is 4.06. The summed E-state index contributed by atoms with van der Waals surface area (Å²) in [5, 5.41) is 0. The van der Waals surface area contributed by atoms with Crippen LogP contribution in [0.5, 0.6) is 17.2 Å². The Morgan fingerprint density at radius 3 is 2.35 bits per heavy atom. The van der Waals surface area contributed by atoms with Crippen molar-refractivity contribution in [2.45, 2.75) is 52.2 Å². The van der Waals surface area contributed by atoms with Crippen LogP contribution in [0.1, 0.15) is 50.4 Å². The number of para-hydroxylation sites is 4. The predicted molar refractivity (Wildman–Crippen MR) is 137 cm³/mol. The Labute approximate surface area is 202 Å². The van der Waals surface area contributed by atoms with Gasteiger partial charge in [0.05, 0.1) is 24.8 Å². The molecule has 0 bridgehead atoms. The van der Waals surface area contributed by atoms with E-state index < -0.39 is 0 Å². The van der Waals surface area contributed by atoms with Gasteiger partial charge in [-0.25, -0.2) is 4.98 Å². The zero-order valence-electron chi connectivity index (χ0n) is 20.4. The molecule has 1 heterocycles. The number of hydrogen-bond acceptors (Lipinski definition) is 4. The molecule has 0 N–H and O–H groups in total. The minimum Gasteiger partial charge on any atom is -0.494 e. The van der Waals surface area contributed by atoms with E-state index >= 15 is 0 Å². The highest BCUT2D eigenvalue weighted by Crippen LogP contribution is 2.27. The summed E-state index contributed by atoms with van der Waals surface area (Å²) in [6.45, 7) is 6.41. The average Bonchev–Trinajstić information content (AvgIpc) is 3.24. The van der Waals surface area contributed by atoms with Gasteiger partial charge >= 0.3 is 0 Å². The highest BCUT2D eigenvalue weighted by molar-refractivity contribution is 5.75. The van der Waals surface area contributed by atoms with Crippen LogP contribution in [0.3, 0.4) is 0 Å². The van der Waals surface area contributed by atoms with Crippen molar-refractivity contribution in [3.05, 3.63) is 84.2 Å². The van der Waals surface area contributed by atoms with Crippen LogP contribution in [0.2, 0.25) is 0 Å². The molecule has 1 unspecified atom stereocenters. The van der Waals surface area contributed by atoms with Crippen molar-refractivity contribution in [2.75, 3.05) is 13.7 Å². The molecule has 0 saturated heterocycles. The number of unbranched alkanes of at least 4 members (excludes halogenated alkanes) is 1. The first kappa shape index (κ1) is 23.7. The zero-order chi connectivity index (χ0) is 23.8. The molecule has 34 heavy (non-hydrogen) atoms. The van der Waals surface area contributed by atoms with Crippen LogP contribution in [0.25, 0.3) is 11.0 Å². The maximum Gasteiger partial charge on any atom is 0.161 e. The summed E-state index contributed by atoms with van der Waals surface area (Å²) in [6.07, 6.45) is 3.11. The third kappa shape index (κ3) is 5.71. The lowest BCUT2D eigenvalue weighted by molar-refractivity contribution is 0.270. The van der Waals surface area contributed by atoms with Crippen molar-refractivity contribution in [1.82, 2.24) is 9.55 Å². The number of nitrogens with zero attached hydrogens (tertiary/aromatic N) is 2. The van der Waals surface area contributed by atoms with Gasteiger partial charge in [0.25, 0.3) is 0 Å². The normalized spacial score (nSPS) is 12.0. The summed E-state index contributed by atoms with van der Waals surface area (Å²) in [4.78, 5) is 4.82. The maximum absolute atomic E-state index is 6.07. The monoisotopic (exact) mass is 458 g/mol. The van der Waals surface area contributed by atoms with E-state index in [-0.39, 0.29) is 0 Å². The van der Waals surface area contributed by atoms with E-state index in [1.165, 1.54) is 5.56 Å². The maximum atomic E-state index is 6.07. The molecule has 3 aromatic carbocycles. The minimum atomic E-state index is 0.383. The second-order valence-corrected chi connectivity index (χ2v) is 8.54. The Morgan fingerprint density at radius 2 is 1.59 bits per heavy atom. The van der Waals surface area contributed by atoms with Crippen molar-refractivity contribution >= 4 is 11.0 Å². The first-order valence-electron chi connectivity index (χ1n) is 12.1. The molecule has 1 aromatic heterocycles. The van der Waals surface area contributed by atoms with Gasteiger partial charge in [-0.2, -0.15) is 0 Å². The number of fused-ring (bicyclic) bond motifs is 1. The van der Waals surface area contributed by atoms with Crippen molar-refractivity contribution in [3.63, 3.8) is 0 Å². The number of ether oxygens (including phenoxy) is 3. The van der Waals surface area contributed by atoms with Crippen molar-refractivity contribution in [1.29, 1.82) is 0 Å². The lowest BCUT2D eigenvalue weighted by Crippen LogP contribution is -2.09. The van der Waals surface area contributed by atoms with Crippen LogP contribution in [0.4, 0.5) is 0 Å². The molecule has 0 spiro atoms. The number of imidazole rings is 1. The van der Waals surface area contributed by atoms with Gasteiger partial charge in [0.15, 0.2) is 11.5 Å². The standard InChI is InChI=1S/C29H34N2O3/c1-4-22(2)23-15-17-24(18-16-23)33-20-10-9-19-31-26-12-6-5-11-25(26)30-29(31)21-34-28-14-8-7-13-27(28)32-3/h5-8,11-18,22H,4,9-10,19-21H2,1-3H3. The number of hydrogen-bond donors (Lipinski definition) is 0. The Bertz CT molecular complexity index is 1180. The Morgan fingerprint density at radius 1 is 0.853 bits per heavy atom. The molecular weight excluding hydrogens is 424 g/mol. The van der Waals surface area contributed by atoms with Gasteiger partial charge in [0, 0.05) is 6.54 Å². The van der Waals surface area contributed by atoms with E-state index in [1.54, 1.807) is 7.11 Å². The molecule has 1 atom stereocenters. The van der Waals surface area contributed by atoms with Gasteiger partial charge in [-0.3, -0.25) is 0 Å². The van der Waals surface area contributed by atoms with E-state index in [9.17, 15) is 0 Å². The summed E-state index contributed by atoms with van der Waals surface area (Å²) in [5.74, 6) is 3.87. The second kappa shape index (κ2) is 11.6. The van der Waals surface area contributed by atoms with E-state index in [4.69, 9.17) is 19.2 Å². The molecule has 5 heteroatoms. The molecule has 5 nitrogen and oxygen atoms in total. The van der Waals surface area contributed by atoms with Gasteiger partial charge in [0.2, 0.25) is 0 Å². The zero-order valence-corrected chi connectivity index (χ0v) is 20.4. The molecule has 0 amide bonds. The van der Waals surface area contributed by atoms with Crippen molar-refractivity contribution in [3.8, 4) is 17.2 Å². The van der Waals surface area contributed by atoms with Crippen molar-refractivity contribution < 1.29 is 14.2 Å². The quantitative estimate of drug-likeness (QED) is 0.215. The second-order valence-electron chi connectivity index (χ2n) is 8.54. The number of methoxy groups -OCH3 is 1. The third-order valence-electron chi connectivity index (χ3n) is 6.27. The van der Waals surface area contributed by atoms with Crippen LogP contribution in [0.15, 0.2) is 72.8 Å². The van der Waals surface area contributed by atoms with Crippen LogP contribution in [-0.4, -0.2) is 23.3 Å². The lowest BCUT2D eigenvalue weighted by Gasteiger charge is -2.13. The van der Waals surface area contributed by atoms with E-state index in [1.807, 2.05) is 36.4 Å². The van der Waals surface area contributed by atoms with Crippen molar-refractivity contribution in [2.24, 2.45) is 0 Å². The van der Waals surface area contributed by atoms with Gasteiger partial charge < -0.3 is 18.8 Å². The summed E-state index contributed by atoms with van der Waals surface area (Å²) < 4.78 is 19.7. The molecule has 0 fully saturated rings. The first-order valence-corrected chi connectivity index (χ1v) is 12.1. The van der Waals surface area contributed by atoms with E-state index in [0.717, 1.165) is 59.9 Å². The highest BCUT2D eigenvalue weighted by atomic mass is 16.5. The topological polar surface area (TPSA) is 45.5 Å². The smallest absolute Gasteiger partial charge is 0.161 e. The summed E-state index contributed by atoms with van der Waals surface area (Å²) in [6, 6.07) is 24.4. The SMILES string of the molecule is CCC(C)c1ccc(OCCCCn2c(COc3ccccc3OC)nc3ccccc32)cc1. The summed E-state index contributed by atoms with van der Waals surface area (Å²) in [5.41, 5.74) is 3.48. The fraction of sp³-hybridized carbons (Fsp3) is 0.345. The number of aryl methyl sites for hydroxylation is 1. The minimum absolute atomic E-state index is 0.383. The molecule has 4 rings (SSSR count). The molecule has 0 radical (unpaired) electrons. The Kier molecular flexibility index (Phi) is 8.08. The summed E-state index contributed by atoms with van der Waals surface area (Å²) >= 11 is 0. The van der Waals surface area contributed by atoms with Gasteiger partial charge in [-0.05, 0) is 67.1 Å². The largest absolute Gasteiger partial charge is 0.494 e. The molecule has 0 saturated carbocycles. The lowest BCUT2D eigenvalue weighted by atomic mass is 9.99. The molecule has 0 aliphatic carbocycles. The van der Waals surface area contributed by atoms with Crippen LogP contribution in [0, 0.1) is 0 Å². The van der Waals surface area contributed by atoms with Crippen LogP contribution in [-0.2, 0) is 13.2 Å². The third-order valence-corrected chi connectivity index (χ3v) is 6.27. The fourth-order valence-electron chi connectivity index (χ4n) is 4.06. The number of benzene rings is 3. The highest BCUT2D eigenvalue weighted by Gasteiger charge is 2.12. The molecule has 4 aromatic rings. The average molecular weight is 459 g/mol. The number of aromatic nitrogens is 2. The van der Waals surface area contributed by atoms with Gasteiger partial charge in [-0.15, -0.1) is 0 Å². The molecule has 178 valence electrons. The Hall–Kier alpha value is -3.47. The van der Waals surface area contributed by atoms with E-state index in [2.05, 4.69) is 54.8 Å². The molecule has 0 aliphatic heterocycles. The van der Waals surface area contributed by atoms with Crippen LogP contribution >= 0.6 is 0 Å². The van der Waals surface area contributed by atoms with Gasteiger partial charge in [0.1, 0.15) is 18.2 Å². The van der Waals surface area contributed by atoms with Gasteiger partial charge in [-0.1, -0.05) is 50.2 Å². The predicted octanol–water partition coefficient (Wildman–Crippen LogP) is 7.00.